The summed E-state index contributed by atoms with van der Waals surface area (Å²) in [4.78, 5) is 0. The zero-order valence-electron chi connectivity index (χ0n) is 17.3. The van der Waals surface area contributed by atoms with Gasteiger partial charge in [0.15, 0.2) is 6.73 Å². The molecular weight excluding hydrogens is 318 g/mol. The highest BCUT2D eigenvalue weighted by molar-refractivity contribution is 5.45. The molecular formula is C24H35NO. The minimum Gasteiger partial charge on any atom is -0.473 e. The Balaban J connectivity index is 0.00000146. The second-order valence-electron chi connectivity index (χ2n) is 5.39. The lowest BCUT2D eigenvalue weighted by Gasteiger charge is -2.11. The van der Waals surface area contributed by atoms with Gasteiger partial charge in [0.1, 0.15) is 5.76 Å². The average Bonchev–Trinajstić information content (AvgIpc) is 2.70. The van der Waals surface area contributed by atoms with Crippen molar-refractivity contribution in [1.82, 2.24) is 0 Å². The van der Waals surface area contributed by atoms with Crippen molar-refractivity contribution in [2.24, 2.45) is 0 Å². The Hall–Kier alpha value is -2.48. The maximum absolute atomic E-state index is 5.63. The number of rotatable bonds is 7. The summed E-state index contributed by atoms with van der Waals surface area (Å²) >= 11 is 0. The predicted octanol–water partition coefficient (Wildman–Crippen LogP) is 7.20. The first-order chi connectivity index (χ1) is 12.7. The van der Waals surface area contributed by atoms with E-state index in [1.54, 1.807) is 6.08 Å². The standard InChI is InChI=1S/C20H23NO.2C2H6/c1-4-20(16(2)3)22-15-21-19-12-10-18(11-13-19)14-17-8-6-5-7-9-17;2*1-2/h4-13,21H,1,14-15H2,2-3H3;2*1-2H3. The van der Waals surface area contributed by atoms with E-state index in [2.05, 4.69) is 60.4 Å². The SMILES string of the molecule is C=CC(OCNc1ccc(Cc2ccccc2)cc1)=C(C)C.CC.CC. The zero-order chi connectivity index (χ0) is 19.8. The van der Waals surface area contributed by atoms with Gasteiger partial charge in [-0.05, 0) is 55.2 Å². The highest BCUT2D eigenvalue weighted by atomic mass is 16.5. The van der Waals surface area contributed by atoms with Crippen LogP contribution in [-0.4, -0.2) is 6.73 Å². The molecule has 0 radical (unpaired) electrons. The first-order valence-electron chi connectivity index (χ1n) is 9.48. The average molecular weight is 354 g/mol. The van der Waals surface area contributed by atoms with E-state index in [0.29, 0.717) is 6.73 Å². The number of hydrogen-bond donors (Lipinski definition) is 1. The van der Waals surface area contributed by atoms with Gasteiger partial charge in [-0.1, -0.05) is 76.7 Å². The van der Waals surface area contributed by atoms with Crippen molar-refractivity contribution < 1.29 is 4.74 Å². The molecule has 0 unspecified atom stereocenters. The van der Waals surface area contributed by atoms with E-state index in [4.69, 9.17) is 4.74 Å². The van der Waals surface area contributed by atoms with Gasteiger partial charge in [-0.2, -0.15) is 0 Å². The van der Waals surface area contributed by atoms with Crippen molar-refractivity contribution in [2.75, 3.05) is 12.0 Å². The number of nitrogens with one attached hydrogen (secondary N) is 1. The van der Waals surface area contributed by atoms with Gasteiger partial charge in [-0.25, -0.2) is 0 Å². The topological polar surface area (TPSA) is 21.3 Å². The maximum atomic E-state index is 5.63. The van der Waals surface area contributed by atoms with Crippen LogP contribution < -0.4 is 5.32 Å². The molecule has 2 heteroatoms. The Labute approximate surface area is 160 Å². The Bertz CT molecular complexity index is 623. The van der Waals surface area contributed by atoms with E-state index in [-0.39, 0.29) is 0 Å². The van der Waals surface area contributed by atoms with Crippen LogP contribution in [0.5, 0.6) is 0 Å². The number of allylic oxidation sites excluding steroid dienone is 2. The third-order valence-corrected chi connectivity index (χ3v) is 3.39. The van der Waals surface area contributed by atoms with Crippen LogP contribution in [0.2, 0.25) is 0 Å². The fourth-order valence-corrected chi connectivity index (χ4v) is 2.18. The van der Waals surface area contributed by atoms with Crippen molar-refractivity contribution in [2.45, 2.75) is 48.0 Å². The first-order valence-corrected chi connectivity index (χ1v) is 9.48. The number of ether oxygens (including phenoxy) is 1. The van der Waals surface area contributed by atoms with Crippen molar-refractivity contribution in [3.63, 3.8) is 0 Å². The minimum atomic E-state index is 0.435. The van der Waals surface area contributed by atoms with Crippen LogP contribution in [0.1, 0.15) is 52.7 Å². The predicted molar refractivity (Wildman–Crippen MR) is 117 cm³/mol. The molecule has 2 nitrogen and oxygen atoms in total. The molecule has 0 atom stereocenters. The highest BCUT2D eigenvalue weighted by Gasteiger charge is 1.98. The maximum Gasteiger partial charge on any atom is 0.159 e. The summed E-state index contributed by atoms with van der Waals surface area (Å²) in [6, 6.07) is 18.9. The molecule has 0 heterocycles. The van der Waals surface area contributed by atoms with Crippen LogP contribution in [0.3, 0.4) is 0 Å². The van der Waals surface area contributed by atoms with E-state index in [0.717, 1.165) is 23.4 Å². The molecule has 2 rings (SSSR count). The van der Waals surface area contributed by atoms with Crippen LogP contribution in [0.25, 0.3) is 0 Å². The number of anilines is 1. The summed E-state index contributed by atoms with van der Waals surface area (Å²) in [5.41, 5.74) is 4.79. The molecule has 0 spiro atoms. The van der Waals surface area contributed by atoms with Crippen LogP contribution in [0.4, 0.5) is 5.69 Å². The van der Waals surface area contributed by atoms with Gasteiger partial charge in [0, 0.05) is 5.69 Å². The molecule has 142 valence electrons. The largest absolute Gasteiger partial charge is 0.473 e. The van der Waals surface area contributed by atoms with Crippen molar-refractivity contribution >= 4 is 5.69 Å². The molecule has 0 aliphatic carbocycles. The van der Waals surface area contributed by atoms with Gasteiger partial charge >= 0.3 is 0 Å². The van der Waals surface area contributed by atoms with Crippen LogP contribution >= 0.6 is 0 Å². The third kappa shape index (κ3) is 9.12. The summed E-state index contributed by atoms with van der Waals surface area (Å²) in [5, 5.41) is 3.25. The summed E-state index contributed by atoms with van der Waals surface area (Å²) in [6.07, 6.45) is 2.69. The van der Waals surface area contributed by atoms with Gasteiger partial charge in [-0.3, -0.25) is 0 Å². The van der Waals surface area contributed by atoms with Gasteiger partial charge < -0.3 is 10.1 Å². The number of benzene rings is 2. The molecule has 26 heavy (non-hydrogen) atoms. The monoisotopic (exact) mass is 353 g/mol. The second-order valence-corrected chi connectivity index (χ2v) is 5.39. The molecule has 0 bridgehead atoms. The van der Waals surface area contributed by atoms with Gasteiger partial charge in [0.25, 0.3) is 0 Å². The van der Waals surface area contributed by atoms with E-state index in [1.165, 1.54) is 11.1 Å². The molecule has 0 aliphatic heterocycles. The summed E-state index contributed by atoms with van der Waals surface area (Å²) in [5.74, 6) is 0.827. The molecule has 0 aromatic heterocycles. The lowest BCUT2D eigenvalue weighted by molar-refractivity contribution is 0.245. The molecule has 1 N–H and O–H groups in total. The zero-order valence-corrected chi connectivity index (χ0v) is 17.3. The van der Waals surface area contributed by atoms with Gasteiger partial charge in [-0.15, -0.1) is 0 Å². The normalized spacial score (nSPS) is 8.85. The van der Waals surface area contributed by atoms with E-state index in [1.807, 2.05) is 47.6 Å². The molecule has 2 aromatic rings. The van der Waals surface area contributed by atoms with Crippen molar-refractivity contribution in [1.29, 1.82) is 0 Å². The second kappa shape index (κ2) is 14.8. The number of hydrogen-bond acceptors (Lipinski definition) is 2. The molecule has 0 aliphatic rings. The Morgan fingerprint density at radius 1 is 0.885 bits per heavy atom. The van der Waals surface area contributed by atoms with Crippen molar-refractivity contribution in [3.05, 3.63) is 89.7 Å². The van der Waals surface area contributed by atoms with E-state index < -0.39 is 0 Å². The Morgan fingerprint density at radius 2 is 1.42 bits per heavy atom. The Kier molecular flexibility index (Phi) is 13.4. The van der Waals surface area contributed by atoms with E-state index in [9.17, 15) is 0 Å². The van der Waals surface area contributed by atoms with Crippen molar-refractivity contribution in [3.8, 4) is 0 Å². The molecule has 0 saturated heterocycles. The fraction of sp³-hybridized carbons (Fsp3) is 0.333. The van der Waals surface area contributed by atoms with Crippen LogP contribution in [-0.2, 0) is 11.2 Å². The van der Waals surface area contributed by atoms with Gasteiger partial charge in [0.2, 0.25) is 0 Å². The Morgan fingerprint density at radius 3 is 1.92 bits per heavy atom. The lowest BCUT2D eigenvalue weighted by atomic mass is 10.1. The lowest BCUT2D eigenvalue weighted by Crippen LogP contribution is -2.06. The quantitative estimate of drug-likeness (QED) is 0.323. The summed E-state index contributed by atoms with van der Waals surface area (Å²) in [7, 11) is 0. The van der Waals surface area contributed by atoms with E-state index >= 15 is 0 Å². The van der Waals surface area contributed by atoms with Crippen LogP contribution in [0.15, 0.2) is 78.6 Å². The van der Waals surface area contributed by atoms with Crippen LogP contribution in [0, 0.1) is 0 Å². The summed E-state index contributed by atoms with van der Waals surface area (Å²) in [6.45, 7) is 16.2. The molecule has 2 aromatic carbocycles. The highest BCUT2D eigenvalue weighted by Crippen LogP contribution is 2.14. The third-order valence-electron chi connectivity index (χ3n) is 3.39. The van der Waals surface area contributed by atoms with Gasteiger partial charge in [0.05, 0.1) is 0 Å². The fourth-order valence-electron chi connectivity index (χ4n) is 2.18. The smallest absolute Gasteiger partial charge is 0.159 e. The minimum absolute atomic E-state index is 0.435. The molecule has 0 amide bonds. The molecule has 0 saturated carbocycles. The molecule has 0 fully saturated rings. The summed E-state index contributed by atoms with van der Waals surface area (Å²) < 4.78 is 5.63. The first kappa shape index (κ1) is 23.5.